The number of ether oxygens (including phenoxy) is 2. The van der Waals surface area contributed by atoms with Crippen LogP contribution in [0.2, 0.25) is 0 Å². The molecule has 0 saturated carbocycles. The molecule has 0 amide bonds. The number of carboxylic acid groups (broad SMARTS) is 1. The fourth-order valence-corrected chi connectivity index (χ4v) is 1.83. The van der Waals surface area contributed by atoms with Crippen LogP contribution in [-0.4, -0.2) is 18.2 Å². The van der Waals surface area contributed by atoms with Gasteiger partial charge in [-0.2, -0.15) is 0 Å². The van der Waals surface area contributed by atoms with E-state index in [2.05, 4.69) is 0 Å². The average Bonchev–Trinajstić information content (AvgIpc) is 2.46. The SMILES string of the molecule is COc1cccc(C(=O)O)c1OCc1ccc(C)cc1. The number of aryl methyl sites for hydroxylation is 1. The first kappa shape index (κ1) is 13.9. The topological polar surface area (TPSA) is 55.8 Å². The van der Waals surface area contributed by atoms with Crippen molar-refractivity contribution < 1.29 is 19.4 Å². The third-order valence-electron chi connectivity index (χ3n) is 2.93. The van der Waals surface area contributed by atoms with Crippen molar-refractivity contribution in [3.05, 3.63) is 59.2 Å². The number of aromatic carboxylic acids is 1. The van der Waals surface area contributed by atoms with E-state index in [4.69, 9.17) is 9.47 Å². The van der Waals surface area contributed by atoms with Gasteiger partial charge in [0.05, 0.1) is 7.11 Å². The molecule has 2 aromatic carbocycles. The van der Waals surface area contributed by atoms with E-state index in [0.29, 0.717) is 12.4 Å². The van der Waals surface area contributed by atoms with Crippen molar-refractivity contribution in [3.63, 3.8) is 0 Å². The molecule has 0 bridgehead atoms. The van der Waals surface area contributed by atoms with Gasteiger partial charge in [0, 0.05) is 0 Å². The molecule has 0 aliphatic rings. The fourth-order valence-electron chi connectivity index (χ4n) is 1.83. The van der Waals surface area contributed by atoms with Gasteiger partial charge in [-0.25, -0.2) is 4.79 Å². The highest BCUT2D eigenvalue weighted by molar-refractivity contribution is 5.92. The summed E-state index contributed by atoms with van der Waals surface area (Å²) in [5, 5.41) is 9.18. The number of carboxylic acids is 1. The minimum absolute atomic E-state index is 0.0939. The molecule has 0 aliphatic heterocycles. The number of hydrogen-bond donors (Lipinski definition) is 1. The van der Waals surface area contributed by atoms with Crippen LogP contribution in [0, 0.1) is 6.92 Å². The Morgan fingerprint density at radius 2 is 1.85 bits per heavy atom. The van der Waals surface area contributed by atoms with Gasteiger partial charge in [-0.15, -0.1) is 0 Å². The summed E-state index contributed by atoms with van der Waals surface area (Å²) in [5.41, 5.74) is 2.23. The Kier molecular flexibility index (Phi) is 4.25. The quantitative estimate of drug-likeness (QED) is 0.907. The second-order valence-electron chi connectivity index (χ2n) is 4.42. The number of hydrogen-bond acceptors (Lipinski definition) is 3. The zero-order valence-corrected chi connectivity index (χ0v) is 11.4. The lowest BCUT2D eigenvalue weighted by molar-refractivity contribution is 0.0691. The molecule has 0 spiro atoms. The van der Waals surface area contributed by atoms with Crippen LogP contribution in [0.15, 0.2) is 42.5 Å². The number of carbonyl (C=O) groups is 1. The molecule has 0 saturated heterocycles. The maximum absolute atomic E-state index is 11.2. The molecule has 4 heteroatoms. The van der Waals surface area contributed by atoms with E-state index in [-0.39, 0.29) is 11.3 Å². The van der Waals surface area contributed by atoms with Gasteiger partial charge in [0.25, 0.3) is 0 Å². The van der Waals surface area contributed by atoms with Gasteiger partial charge >= 0.3 is 5.97 Å². The third kappa shape index (κ3) is 3.09. The summed E-state index contributed by atoms with van der Waals surface area (Å²) in [4.78, 5) is 11.2. The van der Waals surface area contributed by atoms with Crippen LogP contribution >= 0.6 is 0 Å². The van der Waals surface area contributed by atoms with Gasteiger partial charge in [0.15, 0.2) is 11.5 Å². The molecule has 0 unspecified atom stereocenters. The van der Waals surface area contributed by atoms with Crippen molar-refractivity contribution in [2.75, 3.05) is 7.11 Å². The standard InChI is InChI=1S/C16H16O4/c1-11-6-8-12(9-7-11)10-20-15-13(16(17)18)4-3-5-14(15)19-2/h3-9H,10H2,1-2H3,(H,17,18). The van der Waals surface area contributed by atoms with Crippen molar-refractivity contribution in [3.8, 4) is 11.5 Å². The van der Waals surface area contributed by atoms with Gasteiger partial charge < -0.3 is 14.6 Å². The number of rotatable bonds is 5. The van der Waals surface area contributed by atoms with Crippen LogP contribution in [0.4, 0.5) is 0 Å². The minimum Gasteiger partial charge on any atom is -0.493 e. The van der Waals surface area contributed by atoms with Crippen molar-refractivity contribution >= 4 is 5.97 Å². The molecular formula is C16H16O4. The second-order valence-corrected chi connectivity index (χ2v) is 4.42. The fraction of sp³-hybridized carbons (Fsp3) is 0.188. The Labute approximate surface area is 117 Å². The molecule has 0 aromatic heterocycles. The molecule has 0 atom stereocenters. The minimum atomic E-state index is -1.04. The first-order chi connectivity index (χ1) is 9.61. The zero-order valence-electron chi connectivity index (χ0n) is 11.4. The lowest BCUT2D eigenvalue weighted by Crippen LogP contribution is -2.05. The summed E-state index contributed by atoms with van der Waals surface area (Å²) in [6, 6.07) is 12.7. The van der Waals surface area contributed by atoms with Crippen LogP contribution < -0.4 is 9.47 Å². The Hall–Kier alpha value is -2.49. The maximum atomic E-state index is 11.2. The molecule has 1 N–H and O–H groups in total. The molecular weight excluding hydrogens is 256 g/mol. The van der Waals surface area contributed by atoms with E-state index in [9.17, 15) is 9.90 Å². The predicted molar refractivity (Wildman–Crippen MR) is 75.5 cm³/mol. The van der Waals surface area contributed by atoms with Gasteiger partial charge in [0.2, 0.25) is 0 Å². The van der Waals surface area contributed by atoms with Gasteiger partial charge in [-0.1, -0.05) is 35.9 Å². The smallest absolute Gasteiger partial charge is 0.339 e. The van der Waals surface area contributed by atoms with Gasteiger partial charge in [-0.3, -0.25) is 0 Å². The van der Waals surface area contributed by atoms with E-state index in [1.165, 1.54) is 13.2 Å². The molecule has 2 rings (SSSR count). The summed E-state index contributed by atoms with van der Waals surface area (Å²) in [5.74, 6) is -0.372. The van der Waals surface area contributed by atoms with E-state index >= 15 is 0 Å². The lowest BCUT2D eigenvalue weighted by Gasteiger charge is -2.13. The number of methoxy groups -OCH3 is 1. The summed E-state index contributed by atoms with van der Waals surface area (Å²) >= 11 is 0. The number of para-hydroxylation sites is 1. The van der Waals surface area contributed by atoms with Crippen LogP contribution in [0.1, 0.15) is 21.5 Å². The Morgan fingerprint density at radius 3 is 2.45 bits per heavy atom. The molecule has 2 aromatic rings. The molecule has 0 aliphatic carbocycles. The number of benzene rings is 2. The monoisotopic (exact) mass is 272 g/mol. The van der Waals surface area contributed by atoms with Crippen LogP contribution in [0.5, 0.6) is 11.5 Å². The van der Waals surface area contributed by atoms with Gasteiger partial charge in [0.1, 0.15) is 12.2 Å². The van der Waals surface area contributed by atoms with Crippen LogP contribution in [0.25, 0.3) is 0 Å². The van der Waals surface area contributed by atoms with E-state index in [1.807, 2.05) is 31.2 Å². The van der Waals surface area contributed by atoms with Crippen molar-refractivity contribution in [1.82, 2.24) is 0 Å². The first-order valence-corrected chi connectivity index (χ1v) is 6.20. The predicted octanol–water partition coefficient (Wildman–Crippen LogP) is 3.28. The zero-order chi connectivity index (χ0) is 14.5. The molecule has 0 radical (unpaired) electrons. The molecule has 4 nitrogen and oxygen atoms in total. The summed E-state index contributed by atoms with van der Waals surface area (Å²) in [6.07, 6.45) is 0. The van der Waals surface area contributed by atoms with Crippen LogP contribution in [-0.2, 0) is 6.61 Å². The van der Waals surface area contributed by atoms with Gasteiger partial charge in [-0.05, 0) is 24.6 Å². The highest BCUT2D eigenvalue weighted by Gasteiger charge is 2.16. The average molecular weight is 272 g/mol. The molecule has 20 heavy (non-hydrogen) atoms. The largest absolute Gasteiger partial charge is 0.493 e. The molecule has 0 fully saturated rings. The normalized spacial score (nSPS) is 10.1. The van der Waals surface area contributed by atoms with E-state index < -0.39 is 5.97 Å². The van der Waals surface area contributed by atoms with Crippen molar-refractivity contribution in [2.24, 2.45) is 0 Å². The third-order valence-corrected chi connectivity index (χ3v) is 2.93. The summed E-state index contributed by atoms with van der Waals surface area (Å²) in [7, 11) is 1.49. The van der Waals surface area contributed by atoms with E-state index in [0.717, 1.165) is 11.1 Å². The molecule has 0 heterocycles. The molecule has 104 valence electrons. The second kappa shape index (κ2) is 6.10. The Morgan fingerprint density at radius 1 is 1.15 bits per heavy atom. The van der Waals surface area contributed by atoms with Crippen molar-refractivity contribution in [1.29, 1.82) is 0 Å². The van der Waals surface area contributed by atoms with Crippen LogP contribution in [0.3, 0.4) is 0 Å². The van der Waals surface area contributed by atoms with Crippen molar-refractivity contribution in [2.45, 2.75) is 13.5 Å². The Balaban J connectivity index is 2.23. The Bertz CT molecular complexity index is 602. The first-order valence-electron chi connectivity index (χ1n) is 6.20. The maximum Gasteiger partial charge on any atom is 0.339 e. The highest BCUT2D eigenvalue weighted by atomic mass is 16.5. The lowest BCUT2D eigenvalue weighted by atomic mass is 10.1. The highest BCUT2D eigenvalue weighted by Crippen LogP contribution is 2.31. The summed E-state index contributed by atoms with van der Waals surface area (Å²) in [6.45, 7) is 2.30. The van der Waals surface area contributed by atoms with E-state index in [1.54, 1.807) is 12.1 Å². The summed E-state index contributed by atoms with van der Waals surface area (Å²) < 4.78 is 10.8.